The van der Waals surface area contributed by atoms with Crippen LogP contribution in [0.5, 0.6) is 11.6 Å². The van der Waals surface area contributed by atoms with E-state index < -0.39 is 6.16 Å². The summed E-state index contributed by atoms with van der Waals surface area (Å²) in [5, 5.41) is 5.43. The van der Waals surface area contributed by atoms with Gasteiger partial charge in [-0.05, 0) is 36.8 Å². The first kappa shape index (κ1) is 18.3. The molecule has 0 aliphatic rings. The van der Waals surface area contributed by atoms with Gasteiger partial charge in [0.15, 0.2) is 0 Å². The molecule has 0 unspecified atom stereocenters. The van der Waals surface area contributed by atoms with Gasteiger partial charge in [-0.2, -0.15) is 5.10 Å². The van der Waals surface area contributed by atoms with Gasteiger partial charge in [-0.1, -0.05) is 47.5 Å². The predicted octanol–water partition coefficient (Wildman–Crippen LogP) is 5.20. The van der Waals surface area contributed by atoms with Crippen molar-refractivity contribution in [1.29, 1.82) is 0 Å². The molecule has 0 saturated carbocycles. The van der Waals surface area contributed by atoms with Crippen molar-refractivity contribution in [3.63, 3.8) is 0 Å². The molecule has 0 saturated heterocycles. The maximum atomic E-state index is 12.1. The third-order valence-corrected chi connectivity index (χ3v) is 4.38. The topological polar surface area (TPSA) is 53.4 Å². The number of nitrogens with zero attached hydrogens (tertiary/aromatic N) is 2. The van der Waals surface area contributed by atoms with Gasteiger partial charge in [-0.15, -0.1) is 0 Å². The van der Waals surface area contributed by atoms with E-state index in [1.165, 1.54) is 4.68 Å². The van der Waals surface area contributed by atoms with Crippen LogP contribution < -0.4 is 9.47 Å². The molecule has 0 bridgehead atoms. The Hall–Kier alpha value is -2.50. The molecule has 3 rings (SSSR count). The number of rotatable bonds is 4. The predicted molar refractivity (Wildman–Crippen MR) is 100 cm³/mol. The Kier molecular flexibility index (Phi) is 5.49. The first-order valence-electron chi connectivity index (χ1n) is 7.85. The van der Waals surface area contributed by atoms with Crippen molar-refractivity contribution in [3.05, 3.63) is 75.4 Å². The van der Waals surface area contributed by atoms with E-state index in [4.69, 9.17) is 32.7 Å². The number of aromatic nitrogens is 2. The number of carbonyl (C=O) groups is 1. The zero-order valence-electron chi connectivity index (χ0n) is 14.2. The summed E-state index contributed by atoms with van der Waals surface area (Å²) in [5.74, 6) is 0.716. The number of hydrogen-bond acceptors (Lipinski definition) is 4. The van der Waals surface area contributed by atoms with Crippen molar-refractivity contribution < 1.29 is 14.3 Å². The number of halogens is 2. The smallest absolute Gasteiger partial charge is 0.395 e. The number of carbonyl (C=O) groups excluding carboxylic acids is 1. The fourth-order valence-electron chi connectivity index (χ4n) is 2.55. The molecular formula is C19H16Cl2N2O3. The molecular weight excluding hydrogens is 375 g/mol. The summed E-state index contributed by atoms with van der Waals surface area (Å²) < 4.78 is 12.1. The van der Waals surface area contributed by atoms with E-state index in [0.29, 0.717) is 28.1 Å². The Balaban J connectivity index is 1.82. The summed E-state index contributed by atoms with van der Waals surface area (Å²) in [6, 6.07) is 14.0. The number of ether oxygens (including phenoxy) is 2. The molecule has 7 heteroatoms. The lowest BCUT2D eigenvalue weighted by atomic mass is 10.1. The van der Waals surface area contributed by atoms with E-state index in [2.05, 4.69) is 5.10 Å². The average Bonchev–Trinajstić information content (AvgIpc) is 2.85. The highest BCUT2D eigenvalue weighted by atomic mass is 35.5. The molecule has 134 valence electrons. The SMILES string of the molecule is Cc1nn(C)c(OC(=O)Oc2ccccc2)c1Cc1ccc(Cl)cc1Cl. The summed E-state index contributed by atoms with van der Waals surface area (Å²) in [5.41, 5.74) is 2.34. The number of aryl methyl sites for hydroxylation is 2. The minimum Gasteiger partial charge on any atom is -0.395 e. The molecule has 3 aromatic rings. The first-order chi connectivity index (χ1) is 12.4. The third-order valence-electron chi connectivity index (χ3n) is 3.80. The van der Waals surface area contributed by atoms with Crippen LogP contribution in [0.15, 0.2) is 48.5 Å². The van der Waals surface area contributed by atoms with Gasteiger partial charge in [-0.25, -0.2) is 9.48 Å². The second kappa shape index (κ2) is 7.81. The Morgan fingerprint density at radius 1 is 1.12 bits per heavy atom. The minimum absolute atomic E-state index is 0.314. The molecule has 2 aromatic carbocycles. The van der Waals surface area contributed by atoms with Gasteiger partial charge in [0, 0.05) is 29.1 Å². The van der Waals surface area contributed by atoms with Gasteiger partial charge in [0.2, 0.25) is 5.88 Å². The van der Waals surface area contributed by atoms with Crippen molar-refractivity contribution in [2.24, 2.45) is 7.05 Å². The van der Waals surface area contributed by atoms with Crippen LogP contribution in [0.25, 0.3) is 0 Å². The molecule has 0 aliphatic carbocycles. The molecule has 0 radical (unpaired) electrons. The van der Waals surface area contributed by atoms with E-state index in [1.54, 1.807) is 43.4 Å². The highest BCUT2D eigenvalue weighted by Crippen LogP contribution is 2.29. The van der Waals surface area contributed by atoms with Crippen LogP contribution in [-0.2, 0) is 13.5 Å². The summed E-state index contributed by atoms with van der Waals surface area (Å²) in [4.78, 5) is 12.1. The molecule has 0 aliphatic heterocycles. The van der Waals surface area contributed by atoms with E-state index in [1.807, 2.05) is 19.1 Å². The van der Waals surface area contributed by atoms with Crippen molar-refractivity contribution >= 4 is 29.4 Å². The number of hydrogen-bond donors (Lipinski definition) is 0. The van der Waals surface area contributed by atoms with Gasteiger partial charge in [0.1, 0.15) is 5.75 Å². The van der Waals surface area contributed by atoms with Crippen molar-refractivity contribution in [2.45, 2.75) is 13.3 Å². The second-order valence-corrected chi connectivity index (χ2v) is 6.52. The van der Waals surface area contributed by atoms with Crippen molar-refractivity contribution in [3.8, 4) is 11.6 Å². The van der Waals surface area contributed by atoms with E-state index in [-0.39, 0.29) is 0 Å². The summed E-state index contributed by atoms with van der Waals surface area (Å²) >= 11 is 12.2. The Morgan fingerprint density at radius 2 is 1.85 bits per heavy atom. The highest BCUT2D eigenvalue weighted by molar-refractivity contribution is 6.35. The lowest BCUT2D eigenvalue weighted by Gasteiger charge is -2.09. The Morgan fingerprint density at radius 3 is 2.54 bits per heavy atom. The Bertz CT molecular complexity index is 939. The standard InChI is InChI=1S/C19H16Cl2N2O3/c1-12-16(10-13-8-9-14(20)11-17(13)21)18(23(2)22-12)26-19(24)25-15-6-4-3-5-7-15/h3-9,11H,10H2,1-2H3. The highest BCUT2D eigenvalue weighted by Gasteiger charge is 2.20. The molecule has 1 heterocycles. The van der Waals surface area contributed by atoms with Crippen molar-refractivity contribution in [2.75, 3.05) is 0 Å². The molecule has 0 atom stereocenters. The molecule has 0 fully saturated rings. The molecule has 0 amide bonds. The molecule has 26 heavy (non-hydrogen) atoms. The minimum atomic E-state index is -0.831. The summed E-state index contributed by atoms with van der Waals surface area (Å²) in [6.07, 6.45) is -0.383. The largest absolute Gasteiger partial charge is 0.520 e. The van der Waals surface area contributed by atoms with E-state index >= 15 is 0 Å². The average molecular weight is 391 g/mol. The Labute approximate surface area is 161 Å². The molecule has 5 nitrogen and oxygen atoms in total. The normalized spacial score (nSPS) is 10.6. The first-order valence-corrected chi connectivity index (χ1v) is 8.60. The zero-order chi connectivity index (χ0) is 18.7. The van der Waals surface area contributed by atoms with E-state index in [0.717, 1.165) is 16.8 Å². The summed E-state index contributed by atoms with van der Waals surface area (Å²) in [7, 11) is 1.70. The summed E-state index contributed by atoms with van der Waals surface area (Å²) in [6.45, 7) is 1.84. The van der Waals surface area contributed by atoms with Crippen LogP contribution in [0.4, 0.5) is 4.79 Å². The van der Waals surface area contributed by atoms with Crippen molar-refractivity contribution in [1.82, 2.24) is 9.78 Å². The van der Waals surface area contributed by atoms with Crippen LogP contribution in [0.1, 0.15) is 16.8 Å². The van der Waals surface area contributed by atoms with Crippen LogP contribution in [0.3, 0.4) is 0 Å². The zero-order valence-corrected chi connectivity index (χ0v) is 15.7. The van der Waals surface area contributed by atoms with Gasteiger partial charge < -0.3 is 9.47 Å². The van der Waals surface area contributed by atoms with Crippen LogP contribution >= 0.6 is 23.2 Å². The fourth-order valence-corrected chi connectivity index (χ4v) is 3.03. The van der Waals surface area contributed by atoms with Gasteiger partial charge in [0.25, 0.3) is 0 Å². The van der Waals surface area contributed by atoms with E-state index in [9.17, 15) is 4.79 Å². The monoisotopic (exact) mass is 390 g/mol. The fraction of sp³-hybridized carbons (Fsp3) is 0.158. The lowest BCUT2D eigenvalue weighted by Crippen LogP contribution is -2.16. The number of para-hydroxylation sites is 1. The van der Waals surface area contributed by atoms with Gasteiger partial charge in [-0.3, -0.25) is 0 Å². The van der Waals surface area contributed by atoms with Crippen LogP contribution in [-0.4, -0.2) is 15.9 Å². The molecule has 1 aromatic heterocycles. The molecule has 0 N–H and O–H groups in total. The second-order valence-electron chi connectivity index (χ2n) is 5.67. The maximum absolute atomic E-state index is 12.1. The van der Waals surface area contributed by atoms with Crippen LogP contribution in [0.2, 0.25) is 10.0 Å². The molecule has 0 spiro atoms. The lowest BCUT2D eigenvalue weighted by molar-refractivity contribution is 0.147. The van der Waals surface area contributed by atoms with Gasteiger partial charge in [0.05, 0.1) is 5.69 Å². The van der Waals surface area contributed by atoms with Gasteiger partial charge >= 0.3 is 6.16 Å². The van der Waals surface area contributed by atoms with Crippen LogP contribution in [0, 0.1) is 6.92 Å². The maximum Gasteiger partial charge on any atom is 0.520 e. The third kappa shape index (κ3) is 4.18. The number of benzene rings is 2. The quantitative estimate of drug-likeness (QED) is 0.453.